The number of rotatable bonds is 6. The lowest BCUT2D eigenvalue weighted by Crippen LogP contribution is -2.31. The molecule has 1 aromatic carbocycles. The molecule has 0 amide bonds. The molecule has 2 aliphatic carbocycles. The highest BCUT2D eigenvalue weighted by Gasteiger charge is 2.35. The number of hydrogen-bond donors (Lipinski definition) is 0. The molecule has 0 spiro atoms. The summed E-state index contributed by atoms with van der Waals surface area (Å²) in [6.45, 7) is 14.5. The standard InChI is InChI=1S/C27H45P/c1-19(2)22-17-25(20(3)4)27(26(18-22)21(5)6)28(23-13-9-7-10-14-23)24-15-11-8-12-16-24/h17-21,23-24H,7-16H2,1-6H3. The molecule has 2 aliphatic rings. The van der Waals surface area contributed by atoms with E-state index >= 15 is 0 Å². The van der Waals surface area contributed by atoms with Gasteiger partial charge in [0.25, 0.3) is 0 Å². The van der Waals surface area contributed by atoms with Crippen LogP contribution in [0.5, 0.6) is 0 Å². The Kier molecular flexibility index (Phi) is 8.06. The molecular formula is C27H45P. The second-order valence-corrected chi connectivity index (χ2v) is 13.2. The average Bonchev–Trinajstić information content (AvgIpc) is 2.69. The third-order valence-electron chi connectivity index (χ3n) is 7.30. The topological polar surface area (TPSA) is 0 Å². The van der Waals surface area contributed by atoms with Crippen molar-refractivity contribution in [1.29, 1.82) is 0 Å². The summed E-state index contributed by atoms with van der Waals surface area (Å²) in [5, 5.41) is 1.88. The van der Waals surface area contributed by atoms with E-state index in [1.54, 1.807) is 16.7 Å². The Balaban J connectivity index is 2.15. The van der Waals surface area contributed by atoms with E-state index < -0.39 is 0 Å². The average molecular weight is 401 g/mol. The molecule has 0 radical (unpaired) electrons. The normalized spacial score (nSPS) is 20.1. The van der Waals surface area contributed by atoms with Gasteiger partial charge >= 0.3 is 0 Å². The first-order valence-corrected chi connectivity index (χ1v) is 13.8. The highest BCUT2D eigenvalue weighted by atomic mass is 31.1. The summed E-state index contributed by atoms with van der Waals surface area (Å²) < 4.78 is 0. The summed E-state index contributed by atoms with van der Waals surface area (Å²) in [7, 11) is -0.0302. The lowest BCUT2D eigenvalue weighted by molar-refractivity contribution is 0.486. The van der Waals surface area contributed by atoms with Crippen LogP contribution in [0.1, 0.15) is 140 Å². The van der Waals surface area contributed by atoms with Crippen LogP contribution in [-0.2, 0) is 0 Å². The van der Waals surface area contributed by atoms with Crippen LogP contribution in [0, 0.1) is 0 Å². The zero-order valence-corrected chi connectivity index (χ0v) is 20.5. The zero-order valence-electron chi connectivity index (χ0n) is 19.6. The van der Waals surface area contributed by atoms with E-state index in [4.69, 9.17) is 0 Å². The van der Waals surface area contributed by atoms with Gasteiger partial charge in [0.2, 0.25) is 0 Å². The zero-order chi connectivity index (χ0) is 20.3. The van der Waals surface area contributed by atoms with Crippen molar-refractivity contribution in [3.63, 3.8) is 0 Å². The minimum atomic E-state index is -0.0302. The fraction of sp³-hybridized carbons (Fsp3) is 0.778. The molecule has 1 aromatic rings. The monoisotopic (exact) mass is 400 g/mol. The Hall–Kier alpha value is -0.350. The fourth-order valence-corrected chi connectivity index (χ4v) is 10.0. The van der Waals surface area contributed by atoms with Crippen molar-refractivity contribution in [3.8, 4) is 0 Å². The molecule has 0 aromatic heterocycles. The van der Waals surface area contributed by atoms with Gasteiger partial charge < -0.3 is 0 Å². The van der Waals surface area contributed by atoms with Gasteiger partial charge in [0, 0.05) is 0 Å². The van der Waals surface area contributed by atoms with Gasteiger partial charge in [-0.05, 0) is 76.7 Å². The molecule has 0 atom stereocenters. The summed E-state index contributed by atoms with van der Waals surface area (Å²) in [5.74, 6) is 1.91. The Morgan fingerprint density at radius 2 is 1.00 bits per heavy atom. The second kappa shape index (κ2) is 10.1. The van der Waals surface area contributed by atoms with Crippen molar-refractivity contribution >= 4 is 13.2 Å². The van der Waals surface area contributed by atoms with E-state index in [1.807, 2.05) is 5.30 Å². The van der Waals surface area contributed by atoms with Crippen molar-refractivity contribution in [2.45, 2.75) is 135 Å². The van der Waals surface area contributed by atoms with E-state index in [-0.39, 0.29) is 7.92 Å². The molecule has 3 rings (SSSR count). The van der Waals surface area contributed by atoms with Gasteiger partial charge in [-0.15, -0.1) is 0 Å². The van der Waals surface area contributed by atoms with Crippen LogP contribution < -0.4 is 5.30 Å². The number of hydrogen-bond acceptors (Lipinski definition) is 0. The minimum absolute atomic E-state index is 0.0302. The largest absolute Gasteiger partial charge is 0.0683 e. The van der Waals surface area contributed by atoms with E-state index in [1.165, 1.54) is 64.2 Å². The molecule has 2 fully saturated rings. The Labute approximate surface area is 177 Å². The van der Waals surface area contributed by atoms with E-state index in [9.17, 15) is 0 Å². The van der Waals surface area contributed by atoms with Crippen LogP contribution in [0.15, 0.2) is 12.1 Å². The lowest BCUT2D eigenvalue weighted by Gasteiger charge is -2.41. The second-order valence-electron chi connectivity index (χ2n) is 10.5. The quantitative estimate of drug-likeness (QED) is 0.418. The van der Waals surface area contributed by atoms with Crippen LogP contribution in [0.2, 0.25) is 0 Å². The van der Waals surface area contributed by atoms with Crippen molar-refractivity contribution in [2.75, 3.05) is 0 Å². The molecule has 158 valence electrons. The van der Waals surface area contributed by atoms with Crippen LogP contribution in [-0.4, -0.2) is 11.3 Å². The molecule has 0 bridgehead atoms. The van der Waals surface area contributed by atoms with Gasteiger partial charge in [-0.25, -0.2) is 0 Å². The van der Waals surface area contributed by atoms with Crippen molar-refractivity contribution in [2.24, 2.45) is 0 Å². The number of benzene rings is 1. The van der Waals surface area contributed by atoms with Crippen LogP contribution in [0.4, 0.5) is 0 Å². The summed E-state index contributed by atoms with van der Waals surface area (Å²) in [6.07, 6.45) is 14.9. The van der Waals surface area contributed by atoms with Gasteiger partial charge in [0.1, 0.15) is 0 Å². The predicted octanol–water partition coefficient (Wildman–Crippen LogP) is 8.83. The maximum Gasteiger partial charge on any atom is -0.0166 e. The first-order chi connectivity index (χ1) is 13.4. The molecule has 1 heteroatoms. The first kappa shape index (κ1) is 22.3. The third kappa shape index (κ3) is 5.03. The van der Waals surface area contributed by atoms with Gasteiger partial charge in [-0.2, -0.15) is 0 Å². The van der Waals surface area contributed by atoms with Gasteiger partial charge in [-0.3, -0.25) is 0 Å². The Morgan fingerprint density at radius 3 is 1.32 bits per heavy atom. The van der Waals surface area contributed by atoms with Crippen LogP contribution in [0.3, 0.4) is 0 Å². The molecule has 0 N–H and O–H groups in total. The highest BCUT2D eigenvalue weighted by molar-refractivity contribution is 7.67. The lowest BCUT2D eigenvalue weighted by atomic mass is 9.89. The third-order valence-corrected chi connectivity index (χ3v) is 10.9. The summed E-state index contributed by atoms with van der Waals surface area (Å²) in [6, 6.07) is 5.25. The van der Waals surface area contributed by atoms with E-state index in [2.05, 4.69) is 53.7 Å². The molecule has 0 aliphatic heterocycles. The summed E-state index contributed by atoms with van der Waals surface area (Å²) in [4.78, 5) is 0. The van der Waals surface area contributed by atoms with E-state index in [0.29, 0.717) is 17.8 Å². The minimum Gasteiger partial charge on any atom is -0.0683 e. The Bertz CT molecular complexity index is 568. The van der Waals surface area contributed by atoms with E-state index in [0.717, 1.165) is 11.3 Å². The SMILES string of the molecule is CC(C)c1cc(C(C)C)c(P(C2CCCCC2)C2CCCCC2)c(C(C)C)c1. The summed E-state index contributed by atoms with van der Waals surface area (Å²) in [5.41, 5.74) is 6.99. The smallest absolute Gasteiger partial charge is 0.0166 e. The highest BCUT2D eigenvalue weighted by Crippen LogP contribution is 2.57. The maximum absolute atomic E-state index is 2.62. The van der Waals surface area contributed by atoms with Crippen LogP contribution >= 0.6 is 7.92 Å². The Morgan fingerprint density at radius 1 is 0.607 bits per heavy atom. The predicted molar refractivity (Wildman–Crippen MR) is 129 cm³/mol. The fourth-order valence-electron chi connectivity index (χ4n) is 5.60. The maximum atomic E-state index is 2.62. The van der Waals surface area contributed by atoms with Gasteiger partial charge in [0.05, 0.1) is 0 Å². The van der Waals surface area contributed by atoms with Crippen molar-refractivity contribution in [3.05, 3.63) is 28.8 Å². The van der Waals surface area contributed by atoms with Crippen molar-refractivity contribution in [1.82, 2.24) is 0 Å². The van der Waals surface area contributed by atoms with Crippen molar-refractivity contribution < 1.29 is 0 Å². The molecule has 2 saturated carbocycles. The molecule has 0 heterocycles. The molecule has 0 unspecified atom stereocenters. The molecular weight excluding hydrogens is 355 g/mol. The molecule has 0 nitrogen and oxygen atoms in total. The molecule has 0 saturated heterocycles. The van der Waals surface area contributed by atoms with Crippen LogP contribution in [0.25, 0.3) is 0 Å². The first-order valence-electron chi connectivity index (χ1n) is 12.4. The van der Waals surface area contributed by atoms with Gasteiger partial charge in [0.15, 0.2) is 0 Å². The summed E-state index contributed by atoms with van der Waals surface area (Å²) >= 11 is 0. The molecule has 28 heavy (non-hydrogen) atoms. The van der Waals surface area contributed by atoms with Gasteiger partial charge in [-0.1, -0.05) is 100 Å².